The first-order chi connectivity index (χ1) is 18.0. The lowest BCUT2D eigenvalue weighted by Crippen LogP contribution is -2.35. The molecule has 2 saturated heterocycles. The molecule has 2 aliphatic rings. The number of nitrogens with zero attached hydrogens (tertiary/aromatic N) is 3. The normalized spacial score (nSPS) is 18.8. The number of rotatable bonds is 9. The lowest BCUT2D eigenvalue weighted by atomic mass is 10.0. The Kier molecular flexibility index (Phi) is 8.08. The molecule has 2 aliphatic heterocycles. The van der Waals surface area contributed by atoms with Gasteiger partial charge in [-0.05, 0) is 68.2 Å². The molecule has 2 fully saturated rings. The molecule has 192 valence electrons. The summed E-state index contributed by atoms with van der Waals surface area (Å²) in [4.78, 5) is 15.6. The van der Waals surface area contributed by atoms with Gasteiger partial charge in [0.25, 0.3) is 5.91 Å². The van der Waals surface area contributed by atoms with Gasteiger partial charge in [0.15, 0.2) is 0 Å². The SMILES string of the molecule is CCCCOc1ccc(-c2nn(-c3ccccc3)cc2C=C2SC(=S)N(CC3CCCO3)C2=O)cc1C. The fraction of sp³-hybridized carbons (Fsp3) is 0.345. The van der Waals surface area contributed by atoms with Crippen molar-refractivity contribution in [1.29, 1.82) is 0 Å². The number of thioether (sulfide) groups is 1. The van der Waals surface area contributed by atoms with Crippen molar-refractivity contribution in [1.82, 2.24) is 14.7 Å². The molecule has 8 heteroatoms. The van der Waals surface area contributed by atoms with Crippen molar-refractivity contribution in [2.75, 3.05) is 19.8 Å². The Labute approximate surface area is 227 Å². The number of aryl methyl sites for hydroxylation is 1. The molecule has 0 saturated carbocycles. The van der Waals surface area contributed by atoms with Crippen LogP contribution in [0.2, 0.25) is 0 Å². The highest BCUT2D eigenvalue weighted by atomic mass is 32.2. The fourth-order valence-corrected chi connectivity index (χ4v) is 5.77. The molecule has 1 aromatic heterocycles. The highest BCUT2D eigenvalue weighted by Crippen LogP contribution is 2.36. The predicted octanol–water partition coefficient (Wildman–Crippen LogP) is 6.41. The number of ether oxygens (including phenoxy) is 2. The molecular formula is C29H31N3O3S2. The fourth-order valence-electron chi connectivity index (χ4n) is 4.51. The summed E-state index contributed by atoms with van der Waals surface area (Å²) in [5.41, 5.74) is 4.63. The zero-order chi connectivity index (χ0) is 25.8. The first-order valence-electron chi connectivity index (χ1n) is 12.8. The van der Waals surface area contributed by atoms with Crippen molar-refractivity contribution in [2.24, 2.45) is 0 Å². The molecule has 1 unspecified atom stereocenters. The van der Waals surface area contributed by atoms with E-state index in [0.29, 0.717) is 22.4 Å². The van der Waals surface area contributed by atoms with Crippen LogP contribution in [0.25, 0.3) is 23.0 Å². The van der Waals surface area contributed by atoms with Crippen molar-refractivity contribution in [3.8, 4) is 22.7 Å². The molecule has 3 heterocycles. The Morgan fingerprint density at radius 3 is 2.81 bits per heavy atom. The Bertz CT molecular complexity index is 1310. The molecule has 0 N–H and O–H groups in total. The van der Waals surface area contributed by atoms with E-state index in [1.54, 1.807) is 4.90 Å². The third kappa shape index (κ3) is 5.81. The first-order valence-corrected chi connectivity index (χ1v) is 14.0. The molecule has 5 rings (SSSR count). The van der Waals surface area contributed by atoms with Gasteiger partial charge < -0.3 is 9.47 Å². The quantitative estimate of drug-likeness (QED) is 0.180. The molecule has 1 atom stereocenters. The summed E-state index contributed by atoms with van der Waals surface area (Å²) in [6.07, 6.45) is 8.05. The maximum absolute atomic E-state index is 13.3. The zero-order valence-electron chi connectivity index (χ0n) is 21.2. The van der Waals surface area contributed by atoms with E-state index in [2.05, 4.69) is 19.9 Å². The lowest BCUT2D eigenvalue weighted by molar-refractivity contribution is -0.123. The highest BCUT2D eigenvalue weighted by Gasteiger charge is 2.35. The molecule has 0 spiro atoms. The van der Waals surface area contributed by atoms with Crippen LogP contribution in [-0.4, -0.2) is 50.8 Å². The number of unbranched alkanes of at least 4 members (excludes halogenated alkanes) is 1. The summed E-state index contributed by atoms with van der Waals surface area (Å²) < 4.78 is 14.1. The summed E-state index contributed by atoms with van der Waals surface area (Å²) in [5, 5.41) is 4.93. The van der Waals surface area contributed by atoms with Crippen LogP contribution in [0.15, 0.2) is 59.6 Å². The van der Waals surface area contributed by atoms with Gasteiger partial charge >= 0.3 is 0 Å². The molecule has 0 radical (unpaired) electrons. The van der Waals surface area contributed by atoms with Crippen LogP contribution >= 0.6 is 24.0 Å². The maximum atomic E-state index is 13.3. The van der Waals surface area contributed by atoms with E-state index in [9.17, 15) is 4.79 Å². The van der Waals surface area contributed by atoms with Crippen molar-refractivity contribution in [2.45, 2.75) is 45.6 Å². The van der Waals surface area contributed by atoms with Gasteiger partial charge in [0, 0.05) is 23.9 Å². The van der Waals surface area contributed by atoms with Crippen molar-refractivity contribution < 1.29 is 14.3 Å². The Balaban J connectivity index is 1.48. The van der Waals surface area contributed by atoms with Crippen LogP contribution in [0.4, 0.5) is 0 Å². The van der Waals surface area contributed by atoms with Crippen molar-refractivity contribution in [3.05, 3.63) is 70.8 Å². The van der Waals surface area contributed by atoms with E-state index in [0.717, 1.165) is 66.1 Å². The summed E-state index contributed by atoms with van der Waals surface area (Å²) in [5.74, 6) is 0.816. The molecule has 6 nitrogen and oxygen atoms in total. The smallest absolute Gasteiger partial charge is 0.266 e. The van der Waals surface area contributed by atoms with Crippen molar-refractivity contribution >= 4 is 40.3 Å². The van der Waals surface area contributed by atoms with E-state index >= 15 is 0 Å². The number of carbonyl (C=O) groups is 1. The molecule has 0 aliphatic carbocycles. The molecule has 0 bridgehead atoms. The number of thiocarbonyl (C=S) groups is 1. The number of hydrogen-bond donors (Lipinski definition) is 0. The Morgan fingerprint density at radius 1 is 1.24 bits per heavy atom. The van der Waals surface area contributed by atoms with Crippen molar-refractivity contribution in [3.63, 3.8) is 0 Å². The number of benzene rings is 2. The lowest BCUT2D eigenvalue weighted by Gasteiger charge is -2.18. The topological polar surface area (TPSA) is 56.6 Å². The monoisotopic (exact) mass is 533 g/mol. The summed E-state index contributed by atoms with van der Waals surface area (Å²) in [6, 6.07) is 16.1. The second-order valence-electron chi connectivity index (χ2n) is 9.32. The average molecular weight is 534 g/mol. The number of amides is 1. The standard InChI is InChI=1S/C29H31N3O3S2/c1-3-4-14-35-25-13-12-21(16-20(25)2)27-22(18-32(30-27)23-9-6-5-7-10-23)17-26-28(33)31(29(36)37-26)19-24-11-8-15-34-24/h5-7,9-10,12-13,16-18,24H,3-4,8,11,14-15,19H2,1-2H3. The van der Waals surface area contributed by atoms with E-state index < -0.39 is 0 Å². The first kappa shape index (κ1) is 25.7. The van der Waals surface area contributed by atoms with E-state index in [1.165, 1.54) is 11.8 Å². The van der Waals surface area contributed by atoms with Gasteiger partial charge in [-0.15, -0.1) is 0 Å². The third-order valence-electron chi connectivity index (χ3n) is 6.54. The van der Waals surface area contributed by atoms with E-state index in [-0.39, 0.29) is 12.0 Å². The summed E-state index contributed by atoms with van der Waals surface area (Å²) in [6.45, 7) is 6.17. The zero-order valence-corrected chi connectivity index (χ0v) is 22.8. The Hall–Kier alpha value is -2.94. The van der Waals surface area contributed by atoms with Crippen LogP contribution in [0.1, 0.15) is 43.7 Å². The molecule has 37 heavy (non-hydrogen) atoms. The predicted molar refractivity (Wildman–Crippen MR) is 153 cm³/mol. The van der Waals surface area contributed by atoms with Crippen LogP contribution in [-0.2, 0) is 9.53 Å². The third-order valence-corrected chi connectivity index (χ3v) is 7.92. The highest BCUT2D eigenvalue weighted by molar-refractivity contribution is 8.26. The van der Waals surface area contributed by atoms with Crippen LogP contribution in [0.5, 0.6) is 5.75 Å². The van der Waals surface area contributed by atoms with Gasteiger partial charge in [0.2, 0.25) is 0 Å². The van der Waals surface area contributed by atoms with Crippen LogP contribution < -0.4 is 4.74 Å². The van der Waals surface area contributed by atoms with Crippen LogP contribution in [0.3, 0.4) is 0 Å². The molecule has 2 aromatic carbocycles. The van der Waals surface area contributed by atoms with Gasteiger partial charge in [0.1, 0.15) is 15.8 Å². The largest absolute Gasteiger partial charge is 0.493 e. The van der Waals surface area contributed by atoms with Gasteiger partial charge in [0.05, 0.1) is 29.8 Å². The number of hydrogen-bond acceptors (Lipinski definition) is 6. The number of aromatic nitrogens is 2. The molecule has 3 aromatic rings. The summed E-state index contributed by atoms with van der Waals surface area (Å²) in [7, 11) is 0. The second kappa shape index (κ2) is 11.6. The number of para-hydroxylation sites is 1. The minimum atomic E-state index is -0.0697. The van der Waals surface area contributed by atoms with Crippen LogP contribution in [0, 0.1) is 6.92 Å². The van der Waals surface area contributed by atoms with E-state index in [4.69, 9.17) is 26.8 Å². The minimum Gasteiger partial charge on any atom is -0.493 e. The van der Waals surface area contributed by atoms with Gasteiger partial charge in [-0.3, -0.25) is 9.69 Å². The maximum Gasteiger partial charge on any atom is 0.266 e. The van der Waals surface area contributed by atoms with Gasteiger partial charge in [-0.2, -0.15) is 5.10 Å². The molecule has 1 amide bonds. The van der Waals surface area contributed by atoms with Gasteiger partial charge in [-0.25, -0.2) is 4.68 Å². The minimum absolute atomic E-state index is 0.0549. The van der Waals surface area contributed by atoms with Gasteiger partial charge in [-0.1, -0.05) is 55.5 Å². The summed E-state index contributed by atoms with van der Waals surface area (Å²) >= 11 is 6.91. The second-order valence-corrected chi connectivity index (χ2v) is 11.0. The van der Waals surface area contributed by atoms with E-state index in [1.807, 2.05) is 59.4 Å². The average Bonchev–Trinajstić information content (AvgIpc) is 3.63. The Morgan fingerprint density at radius 2 is 2.08 bits per heavy atom. The molecular weight excluding hydrogens is 502 g/mol. The number of carbonyl (C=O) groups excluding carboxylic acids is 1.